The number of hydrogen-bond acceptors (Lipinski definition) is 8. The molecule has 1 aromatic heterocycles. The van der Waals surface area contributed by atoms with Gasteiger partial charge in [-0.3, -0.25) is 13.9 Å². The van der Waals surface area contributed by atoms with Crippen LogP contribution in [-0.4, -0.2) is 69.4 Å². The van der Waals surface area contributed by atoms with Crippen molar-refractivity contribution >= 4 is 67.3 Å². The summed E-state index contributed by atoms with van der Waals surface area (Å²) in [6.07, 6.45) is 2.44. The van der Waals surface area contributed by atoms with Gasteiger partial charge in [-0.05, 0) is 88.6 Å². The molecular weight excluding hydrogens is 647 g/mol. The summed E-state index contributed by atoms with van der Waals surface area (Å²) in [5, 5.41) is 4.57. The van der Waals surface area contributed by atoms with Crippen molar-refractivity contribution in [1.29, 1.82) is 0 Å². The second-order valence-corrected chi connectivity index (χ2v) is 14.8. The molecule has 0 amide bonds. The standard InChI is InChI=1S/C34H38Cl2N4O5S/c1-34(2,3)45-33(42)22-40(46(43,44)26-20-24(35)19-25(36)21-26)30-11-7-8-27-28(30)9-6-10-29(27)31(41)13-12-23-14-15-37-32(18-23)38-16-17-39(4)5/h6-11,14-15,18-21H,12-13,16-17,22H2,1-5H3,(H,37,38). The lowest BCUT2D eigenvalue weighted by molar-refractivity contribution is -0.152. The molecule has 0 spiro atoms. The van der Waals surface area contributed by atoms with E-state index in [9.17, 15) is 18.0 Å². The van der Waals surface area contributed by atoms with E-state index in [0.717, 1.165) is 28.8 Å². The number of nitrogens with one attached hydrogen (secondary N) is 1. The van der Waals surface area contributed by atoms with Crippen molar-refractivity contribution in [1.82, 2.24) is 9.88 Å². The van der Waals surface area contributed by atoms with E-state index in [-0.39, 0.29) is 32.8 Å². The SMILES string of the molecule is CN(C)CCNc1cc(CCC(=O)c2cccc3c(N(CC(=O)OC(C)(C)C)S(=O)(=O)c4cc(Cl)cc(Cl)c4)cccc23)ccn1. The summed E-state index contributed by atoms with van der Waals surface area (Å²) < 4.78 is 34.7. The number of aromatic nitrogens is 1. The number of halogens is 2. The van der Waals surface area contributed by atoms with E-state index in [1.165, 1.54) is 18.2 Å². The predicted molar refractivity (Wildman–Crippen MR) is 185 cm³/mol. The first kappa shape index (κ1) is 35.2. The van der Waals surface area contributed by atoms with Crippen LogP contribution < -0.4 is 9.62 Å². The number of pyridine rings is 1. The molecule has 244 valence electrons. The van der Waals surface area contributed by atoms with Crippen molar-refractivity contribution in [2.75, 3.05) is 43.4 Å². The minimum Gasteiger partial charge on any atom is -0.459 e. The van der Waals surface area contributed by atoms with Gasteiger partial charge in [0.2, 0.25) is 0 Å². The van der Waals surface area contributed by atoms with E-state index in [1.807, 2.05) is 26.2 Å². The molecule has 3 aromatic carbocycles. The van der Waals surface area contributed by atoms with Gasteiger partial charge < -0.3 is 15.0 Å². The van der Waals surface area contributed by atoms with Crippen LogP contribution in [0.25, 0.3) is 10.8 Å². The number of esters is 1. The molecule has 0 atom stereocenters. The van der Waals surface area contributed by atoms with Gasteiger partial charge in [0.05, 0.1) is 10.6 Å². The molecule has 4 rings (SSSR count). The molecule has 0 radical (unpaired) electrons. The number of hydrogen-bond donors (Lipinski definition) is 1. The van der Waals surface area contributed by atoms with Crippen LogP contribution in [-0.2, 0) is 26.0 Å². The number of anilines is 2. The second-order valence-electron chi connectivity index (χ2n) is 12.1. The highest BCUT2D eigenvalue weighted by Crippen LogP contribution is 2.34. The zero-order chi connectivity index (χ0) is 33.6. The summed E-state index contributed by atoms with van der Waals surface area (Å²) in [6, 6.07) is 17.9. The van der Waals surface area contributed by atoms with Crippen LogP contribution in [0, 0.1) is 0 Å². The lowest BCUT2D eigenvalue weighted by Crippen LogP contribution is -2.39. The summed E-state index contributed by atoms with van der Waals surface area (Å²) in [5.41, 5.74) is 0.767. The molecule has 0 saturated carbocycles. The van der Waals surface area contributed by atoms with Crippen molar-refractivity contribution in [2.45, 2.75) is 44.1 Å². The number of nitrogens with zero attached hydrogens (tertiary/aromatic N) is 3. The Labute approximate surface area is 280 Å². The molecule has 0 bridgehead atoms. The molecule has 4 aromatic rings. The van der Waals surface area contributed by atoms with Crippen molar-refractivity contribution in [2.24, 2.45) is 0 Å². The van der Waals surface area contributed by atoms with E-state index >= 15 is 0 Å². The van der Waals surface area contributed by atoms with Crippen LogP contribution in [0.15, 0.2) is 77.8 Å². The first-order chi connectivity index (χ1) is 21.6. The second kappa shape index (κ2) is 14.8. The number of rotatable bonds is 13. The first-order valence-electron chi connectivity index (χ1n) is 14.7. The van der Waals surface area contributed by atoms with Gasteiger partial charge in [0.25, 0.3) is 10.0 Å². The summed E-state index contributed by atoms with van der Waals surface area (Å²) in [4.78, 5) is 32.9. The number of carbonyl (C=O) groups is 2. The Morgan fingerprint density at radius 1 is 0.935 bits per heavy atom. The van der Waals surface area contributed by atoms with Gasteiger partial charge >= 0.3 is 5.97 Å². The number of likely N-dealkylation sites (N-methyl/N-ethyl adjacent to an activating group) is 1. The topological polar surface area (TPSA) is 109 Å². The van der Waals surface area contributed by atoms with Crippen molar-refractivity contribution in [3.63, 3.8) is 0 Å². The Hall–Kier alpha value is -3.70. The van der Waals surface area contributed by atoms with Gasteiger partial charge in [0.15, 0.2) is 5.78 Å². The number of aryl methyl sites for hydroxylation is 1. The number of fused-ring (bicyclic) bond motifs is 1. The van der Waals surface area contributed by atoms with Gasteiger partial charge in [0.1, 0.15) is 18.0 Å². The summed E-state index contributed by atoms with van der Waals surface area (Å²) in [5.74, 6) is -0.111. The predicted octanol–water partition coefficient (Wildman–Crippen LogP) is 6.87. The van der Waals surface area contributed by atoms with Gasteiger partial charge in [-0.1, -0.05) is 53.5 Å². The summed E-state index contributed by atoms with van der Waals surface area (Å²) >= 11 is 12.3. The molecule has 1 N–H and O–H groups in total. The molecular formula is C34H38Cl2N4O5S. The molecule has 0 fully saturated rings. The molecule has 9 nitrogen and oxygen atoms in total. The zero-order valence-corrected chi connectivity index (χ0v) is 28.8. The van der Waals surface area contributed by atoms with Crippen LogP contribution in [0.5, 0.6) is 0 Å². The highest BCUT2D eigenvalue weighted by Gasteiger charge is 2.31. The number of Topliss-reactive ketones (excluding diaryl/α,β-unsaturated/α-hetero) is 1. The highest BCUT2D eigenvalue weighted by molar-refractivity contribution is 7.93. The minimum atomic E-state index is -4.37. The molecule has 12 heteroatoms. The van der Waals surface area contributed by atoms with Crippen LogP contribution in [0.4, 0.5) is 11.5 Å². The molecule has 1 heterocycles. The molecule has 0 saturated heterocycles. The number of sulfonamides is 1. The monoisotopic (exact) mass is 684 g/mol. The highest BCUT2D eigenvalue weighted by atomic mass is 35.5. The lowest BCUT2D eigenvalue weighted by atomic mass is 9.97. The van der Waals surface area contributed by atoms with Crippen LogP contribution >= 0.6 is 23.2 Å². The zero-order valence-electron chi connectivity index (χ0n) is 26.5. The molecule has 0 aliphatic rings. The Balaban J connectivity index is 1.68. The molecule has 0 aliphatic carbocycles. The fraction of sp³-hybridized carbons (Fsp3) is 0.324. The fourth-order valence-electron chi connectivity index (χ4n) is 4.88. The van der Waals surface area contributed by atoms with E-state index < -0.39 is 28.1 Å². The van der Waals surface area contributed by atoms with Crippen LogP contribution in [0.3, 0.4) is 0 Å². The van der Waals surface area contributed by atoms with E-state index in [2.05, 4.69) is 15.2 Å². The van der Waals surface area contributed by atoms with Crippen molar-refractivity contribution in [3.05, 3.63) is 94.1 Å². The summed E-state index contributed by atoms with van der Waals surface area (Å²) in [7, 11) is -0.372. The third kappa shape index (κ3) is 9.19. The van der Waals surface area contributed by atoms with E-state index in [0.29, 0.717) is 22.8 Å². The fourth-order valence-corrected chi connectivity index (χ4v) is 7.03. The maximum Gasteiger partial charge on any atom is 0.327 e. The number of ether oxygens (including phenoxy) is 1. The van der Waals surface area contributed by atoms with Crippen molar-refractivity contribution in [3.8, 4) is 0 Å². The minimum absolute atomic E-state index is 0.107. The quantitative estimate of drug-likeness (QED) is 0.120. The summed E-state index contributed by atoms with van der Waals surface area (Å²) in [6.45, 7) is 6.08. The number of carbonyl (C=O) groups excluding carboxylic acids is 2. The average molecular weight is 686 g/mol. The molecule has 0 unspecified atom stereocenters. The lowest BCUT2D eigenvalue weighted by Gasteiger charge is -2.27. The Kier molecular flexibility index (Phi) is 11.3. The molecule has 46 heavy (non-hydrogen) atoms. The first-order valence-corrected chi connectivity index (χ1v) is 16.9. The van der Waals surface area contributed by atoms with Crippen LogP contribution in [0.2, 0.25) is 10.0 Å². The van der Waals surface area contributed by atoms with E-state index in [1.54, 1.807) is 63.4 Å². The van der Waals surface area contributed by atoms with E-state index in [4.69, 9.17) is 27.9 Å². The molecule has 0 aliphatic heterocycles. The number of benzene rings is 3. The van der Waals surface area contributed by atoms with Gasteiger partial charge in [0, 0.05) is 46.7 Å². The smallest absolute Gasteiger partial charge is 0.327 e. The third-order valence-electron chi connectivity index (χ3n) is 6.92. The average Bonchev–Trinajstić information content (AvgIpc) is 2.97. The van der Waals surface area contributed by atoms with Gasteiger partial charge in [-0.2, -0.15) is 0 Å². The van der Waals surface area contributed by atoms with Crippen LogP contribution in [0.1, 0.15) is 43.1 Å². The van der Waals surface area contributed by atoms with Gasteiger partial charge in [-0.25, -0.2) is 13.4 Å². The van der Waals surface area contributed by atoms with Gasteiger partial charge in [-0.15, -0.1) is 0 Å². The van der Waals surface area contributed by atoms with Crippen molar-refractivity contribution < 1.29 is 22.7 Å². The largest absolute Gasteiger partial charge is 0.459 e. The number of ketones is 1. The maximum absolute atomic E-state index is 14.1. The maximum atomic E-state index is 14.1. The Bertz CT molecular complexity index is 1820. The Morgan fingerprint density at radius 3 is 2.28 bits per heavy atom. The normalized spacial score (nSPS) is 11.9. The Morgan fingerprint density at radius 2 is 1.61 bits per heavy atom. The third-order valence-corrected chi connectivity index (χ3v) is 9.09.